The number of nitrogens with two attached hydrogens (primary N) is 1. The lowest BCUT2D eigenvalue weighted by molar-refractivity contribution is -0.137. The fraction of sp³-hybridized carbons (Fsp3) is 0.0952. The second-order valence-corrected chi connectivity index (χ2v) is 8.16. The van der Waals surface area contributed by atoms with E-state index in [9.17, 15) is 26.4 Å². The number of amides is 1. The van der Waals surface area contributed by atoms with Crippen LogP contribution in [0.4, 0.5) is 24.5 Å². The second kappa shape index (κ2) is 8.31. The minimum Gasteiger partial charge on any atom is -0.495 e. The molecule has 2 N–H and O–H groups in total. The van der Waals surface area contributed by atoms with Crippen LogP contribution in [0, 0.1) is 0 Å². The molecule has 0 aliphatic heterocycles. The fourth-order valence-corrected chi connectivity index (χ4v) is 4.39. The van der Waals surface area contributed by atoms with Gasteiger partial charge in [-0.15, -0.1) is 0 Å². The van der Waals surface area contributed by atoms with Crippen molar-refractivity contribution in [3.63, 3.8) is 0 Å². The van der Waals surface area contributed by atoms with Crippen molar-refractivity contribution in [2.24, 2.45) is 5.73 Å². The number of alkyl halides is 3. The number of hydrogen-bond donors (Lipinski definition) is 1. The molecule has 162 valence electrons. The largest absolute Gasteiger partial charge is 0.495 e. The number of primary amides is 1. The molecule has 10 heteroatoms. The number of halogens is 3. The normalized spacial score (nSPS) is 11.7. The van der Waals surface area contributed by atoms with Gasteiger partial charge in [0.1, 0.15) is 5.75 Å². The zero-order chi connectivity index (χ0) is 22.8. The average Bonchev–Trinajstić information content (AvgIpc) is 2.74. The Morgan fingerprint density at radius 1 is 0.935 bits per heavy atom. The zero-order valence-corrected chi connectivity index (χ0v) is 16.9. The molecule has 0 atom stereocenters. The highest BCUT2D eigenvalue weighted by atomic mass is 32.2. The smallest absolute Gasteiger partial charge is 0.416 e. The number of carbonyl (C=O) groups excluding carboxylic acids is 1. The Hall–Kier alpha value is -3.53. The van der Waals surface area contributed by atoms with E-state index in [1.165, 1.54) is 43.5 Å². The molecule has 1 amide bonds. The summed E-state index contributed by atoms with van der Waals surface area (Å²) in [7, 11) is -2.97. The van der Waals surface area contributed by atoms with Crippen LogP contribution < -0.4 is 14.8 Å². The standard InChI is InChI=1S/C21H17F3N2O4S/c1-30-19-5-3-2-4-18(19)26(16-10-8-15(9-11-16)21(22,23)24)31(28,29)17-12-6-14(7-13-17)20(25)27/h2-13H,1H3,(H2,25,27). The van der Waals surface area contributed by atoms with Gasteiger partial charge < -0.3 is 10.5 Å². The predicted molar refractivity (Wildman–Crippen MR) is 109 cm³/mol. The number of carbonyl (C=O) groups is 1. The van der Waals surface area contributed by atoms with Crippen LogP contribution >= 0.6 is 0 Å². The minimum atomic E-state index is -4.57. The third-order valence-electron chi connectivity index (χ3n) is 4.41. The Morgan fingerprint density at radius 3 is 2.03 bits per heavy atom. The number of para-hydroxylation sites is 2. The Labute approximate surface area is 176 Å². The molecule has 3 rings (SSSR count). The van der Waals surface area contributed by atoms with Gasteiger partial charge in [0.25, 0.3) is 10.0 Å². The van der Waals surface area contributed by atoms with E-state index in [2.05, 4.69) is 0 Å². The van der Waals surface area contributed by atoms with Crippen LogP contribution in [0.2, 0.25) is 0 Å². The fourth-order valence-electron chi connectivity index (χ4n) is 2.89. The summed E-state index contributed by atoms with van der Waals surface area (Å²) in [5.41, 5.74) is 4.46. The zero-order valence-electron chi connectivity index (χ0n) is 16.1. The maximum atomic E-state index is 13.5. The first kappa shape index (κ1) is 22.2. The van der Waals surface area contributed by atoms with Crippen molar-refractivity contribution in [3.05, 3.63) is 83.9 Å². The van der Waals surface area contributed by atoms with Crippen LogP contribution in [-0.2, 0) is 16.2 Å². The van der Waals surface area contributed by atoms with Gasteiger partial charge in [-0.05, 0) is 60.7 Å². The monoisotopic (exact) mass is 450 g/mol. The van der Waals surface area contributed by atoms with E-state index in [1.807, 2.05) is 0 Å². The Kier molecular flexibility index (Phi) is 5.94. The molecule has 0 fully saturated rings. The highest BCUT2D eigenvalue weighted by Gasteiger charge is 2.32. The maximum Gasteiger partial charge on any atom is 0.416 e. The van der Waals surface area contributed by atoms with Gasteiger partial charge in [-0.1, -0.05) is 12.1 Å². The van der Waals surface area contributed by atoms with Crippen LogP contribution in [0.1, 0.15) is 15.9 Å². The highest BCUT2D eigenvalue weighted by molar-refractivity contribution is 7.93. The van der Waals surface area contributed by atoms with E-state index in [1.54, 1.807) is 12.1 Å². The molecule has 0 spiro atoms. The van der Waals surface area contributed by atoms with Gasteiger partial charge in [-0.25, -0.2) is 12.7 Å². The molecule has 0 saturated carbocycles. The molecule has 0 saturated heterocycles. The van der Waals surface area contributed by atoms with Crippen molar-refractivity contribution in [2.75, 3.05) is 11.4 Å². The van der Waals surface area contributed by atoms with E-state index in [0.29, 0.717) is 0 Å². The number of methoxy groups -OCH3 is 1. The molecule has 6 nitrogen and oxygen atoms in total. The first-order valence-corrected chi connectivity index (χ1v) is 10.2. The van der Waals surface area contributed by atoms with E-state index in [-0.39, 0.29) is 27.6 Å². The third kappa shape index (κ3) is 4.48. The van der Waals surface area contributed by atoms with Gasteiger partial charge in [-0.2, -0.15) is 13.2 Å². The summed E-state index contributed by atoms with van der Waals surface area (Å²) in [4.78, 5) is 11.1. The summed E-state index contributed by atoms with van der Waals surface area (Å²) in [6.07, 6.45) is -4.57. The molecule has 3 aromatic carbocycles. The number of hydrogen-bond acceptors (Lipinski definition) is 4. The quantitative estimate of drug-likeness (QED) is 0.605. The topological polar surface area (TPSA) is 89.7 Å². The number of sulfonamides is 1. The number of nitrogens with zero attached hydrogens (tertiary/aromatic N) is 1. The van der Waals surface area contributed by atoms with Crippen LogP contribution in [-0.4, -0.2) is 21.4 Å². The molecule has 0 aliphatic rings. The number of ether oxygens (including phenoxy) is 1. The molecule has 0 aromatic heterocycles. The summed E-state index contributed by atoms with van der Waals surface area (Å²) in [6, 6.07) is 14.8. The molecule has 0 radical (unpaired) electrons. The highest BCUT2D eigenvalue weighted by Crippen LogP contribution is 2.39. The molecule has 0 unspecified atom stereocenters. The molecule has 31 heavy (non-hydrogen) atoms. The Balaban J connectivity index is 2.19. The van der Waals surface area contributed by atoms with Crippen LogP contribution in [0.15, 0.2) is 77.7 Å². The molecular formula is C21H17F3N2O4S. The van der Waals surface area contributed by atoms with E-state index in [0.717, 1.165) is 28.6 Å². The lowest BCUT2D eigenvalue weighted by Crippen LogP contribution is -2.27. The maximum absolute atomic E-state index is 13.5. The molecule has 0 aliphatic carbocycles. The summed E-state index contributed by atoms with van der Waals surface area (Å²) in [5.74, 6) is -0.534. The SMILES string of the molecule is COc1ccccc1N(c1ccc(C(F)(F)F)cc1)S(=O)(=O)c1ccc(C(N)=O)cc1. The van der Waals surface area contributed by atoms with Crippen LogP contribution in [0.3, 0.4) is 0 Å². The van der Waals surface area contributed by atoms with Crippen molar-refractivity contribution in [1.29, 1.82) is 0 Å². The van der Waals surface area contributed by atoms with Gasteiger partial charge >= 0.3 is 6.18 Å². The van der Waals surface area contributed by atoms with Crippen molar-refractivity contribution in [1.82, 2.24) is 0 Å². The summed E-state index contributed by atoms with van der Waals surface area (Å²) in [6.45, 7) is 0. The Morgan fingerprint density at radius 2 is 1.52 bits per heavy atom. The summed E-state index contributed by atoms with van der Waals surface area (Å²) < 4.78 is 72.1. The molecule has 0 heterocycles. The summed E-state index contributed by atoms with van der Waals surface area (Å²) in [5, 5.41) is 0. The lowest BCUT2D eigenvalue weighted by atomic mass is 10.2. The lowest BCUT2D eigenvalue weighted by Gasteiger charge is -2.26. The van der Waals surface area contributed by atoms with Crippen molar-refractivity contribution in [2.45, 2.75) is 11.1 Å². The van der Waals surface area contributed by atoms with E-state index in [4.69, 9.17) is 10.5 Å². The third-order valence-corrected chi connectivity index (χ3v) is 6.17. The van der Waals surface area contributed by atoms with E-state index >= 15 is 0 Å². The summed E-state index contributed by atoms with van der Waals surface area (Å²) >= 11 is 0. The van der Waals surface area contributed by atoms with Crippen LogP contribution in [0.25, 0.3) is 0 Å². The Bertz CT molecular complexity index is 1190. The number of anilines is 2. The van der Waals surface area contributed by atoms with E-state index < -0.39 is 27.7 Å². The van der Waals surface area contributed by atoms with Crippen LogP contribution in [0.5, 0.6) is 5.75 Å². The molecule has 0 bridgehead atoms. The predicted octanol–water partition coefficient (Wildman–Crippen LogP) is 4.34. The van der Waals surface area contributed by atoms with Gasteiger partial charge in [0, 0.05) is 5.56 Å². The van der Waals surface area contributed by atoms with Gasteiger partial charge in [0.05, 0.1) is 28.9 Å². The number of benzene rings is 3. The number of rotatable bonds is 6. The average molecular weight is 450 g/mol. The first-order chi connectivity index (χ1) is 14.6. The van der Waals surface area contributed by atoms with Crippen molar-refractivity contribution >= 4 is 27.3 Å². The second-order valence-electron chi connectivity index (χ2n) is 6.37. The van der Waals surface area contributed by atoms with Gasteiger partial charge in [0.15, 0.2) is 0 Å². The van der Waals surface area contributed by atoms with Crippen molar-refractivity contribution < 1.29 is 31.1 Å². The van der Waals surface area contributed by atoms with Gasteiger partial charge in [0.2, 0.25) is 5.91 Å². The molecular weight excluding hydrogens is 433 g/mol. The minimum absolute atomic E-state index is 0.0310. The van der Waals surface area contributed by atoms with Crippen molar-refractivity contribution in [3.8, 4) is 5.75 Å². The molecule has 3 aromatic rings. The van der Waals surface area contributed by atoms with Gasteiger partial charge in [-0.3, -0.25) is 4.79 Å². The first-order valence-electron chi connectivity index (χ1n) is 8.81.